The highest BCUT2D eigenvalue weighted by Gasteiger charge is 2.25. The molecule has 0 aliphatic carbocycles. The van der Waals surface area contributed by atoms with Gasteiger partial charge in [-0.15, -0.1) is 0 Å². The molecule has 7 heteroatoms. The summed E-state index contributed by atoms with van der Waals surface area (Å²) in [5.41, 5.74) is 0. The Labute approximate surface area is 419 Å². The first-order valence-electron chi connectivity index (χ1n) is 29.9. The molecule has 0 aromatic heterocycles. The molecule has 67 heavy (non-hydrogen) atoms. The van der Waals surface area contributed by atoms with E-state index in [1.165, 1.54) is 154 Å². The second-order valence-corrected chi connectivity index (χ2v) is 19.7. The first-order chi connectivity index (χ1) is 33.1. The second-order valence-electron chi connectivity index (χ2n) is 19.7. The first kappa shape index (κ1) is 65.6. The molecule has 0 rings (SSSR count). The molecule has 0 saturated heterocycles. The van der Waals surface area contributed by atoms with Crippen LogP contribution in [0.25, 0.3) is 0 Å². The third-order valence-corrected chi connectivity index (χ3v) is 13.1. The van der Waals surface area contributed by atoms with Crippen LogP contribution in [-0.2, 0) is 33.2 Å². The van der Waals surface area contributed by atoms with Crippen LogP contribution in [0.1, 0.15) is 312 Å². The van der Waals surface area contributed by atoms with Gasteiger partial charge >= 0.3 is 0 Å². The molecule has 0 aromatic carbocycles. The Morgan fingerprint density at radius 1 is 0.269 bits per heavy atom. The zero-order chi connectivity index (χ0) is 48.9. The Morgan fingerprint density at radius 3 is 0.821 bits per heavy atom. The van der Waals surface area contributed by atoms with Gasteiger partial charge in [-0.2, -0.15) is 0 Å². The summed E-state index contributed by atoms with van der Waals surface area (Å²) < 4.78 is 46.5. The summed E-state index contributed by atoms with van der Waals surface area (Å²) in [7, 11) is 0. The van der Waals surface area contributed by atoms with E-state index in [2.05, 4.69) is 55.4 Å². The van der Waals surface area contributed by atoms with Gasteiger partial charge in [0.25, 0.3) is 0 Å². The van der Waals surface area contributed by atoms with Crippen LogP contribution in [0.5, 0.6) is 0 Å². The normalized spacial score (nSPS) is 13.4. The largest absolute Gasteiger partial charge is 0.494 e. The van der Waals surface area contributed by atoms with E-state index in [1.807, 2.05) is 0 Å². The monoisotopic (exact) mass is 951 g/mol. The van der Waals surface area contributed by atoms with Crippen molar-refractivity contribution in [1.82, 2.24) is 0 Å². The highest BCUT2D eigenvalue weighted by atomic mass is 16.7. The SMILES string of the molecule is CCCCCCCCCCCCC(OCCCC)=C(OCCCC)C(CCCCCC)OCOCOC(CCCCCC)C(OCCCC)=C(CCCCCCCCCCCC)OCCCC. The van der Waals surface area contributed by atoms with Crippen LogP contribution in [0.3, 0.4) is 0 Å². The van der Waals surface area contributed by atoms with Crippen LogP contribution in [-0.4, -0.2) is 52.2 Å². The zero-order valence-electron chi connectivity index (χ0n) is 46.5. The van der Waals surface area contributed by atoms with Crippen molar-refractivity contribution in [3.8, 4) is 0 Å². The highest BCUT2D eigenvalue weighted by molar-refractivity contribution is 5.09. The summed E-state index contributed by atoms with van der Waals surface area (Å²) in [5, 5.41) is 0. The fourth-order valence-electron chi connectivity index (χ4n) is 8.51. The fourth-order valence-corrected chi connectivity index (χ4v) is 8.51. The van der Waals surface area contributed by atoms with Gasteiger partial charge in [0.15, 0.2) is 25.1 Å². The zero-order valence-corrected chi connectivity index (χ0v) is 46.5. The Bertz CT molecular complexity index is 963. The predicted octanol–water partition coefficient (Wildman–Crippen LogP) is 19.9. The van der Waals surface area contributed by atoms with E-state index in [1.54, 1.807) is 0 Å². The van der Waals surface area contributed by atoms with Crippen molar-refractivity contribution in [3.63, 3.8) is 0 Å². The van der Waals surface area contributed by atoms with Gasteiger partial charge in [0.1, 0.15) is 23.7 Å². The number of hydrogen-bond donors (Lipinski definition) is 0. The Balaban J connectivity index is 6.26. The average molecular weight is 952 g/mol. The Morgan fingerprint density at radius 2 is 0.522 bits per heavy atom. The topological polar surface area (TPSA) is 64.6 Å². The van der Waals surface area contributed by atoms with Crippen molar-refractivity contribution in [2.24, 2.45) is 0 Å². The standard InChI is InChI=1S/C60H118O7/c1-9-17-25-29-31-33-35-37-39-43-45-55(62-49-21-13-5)59(64-51-23-15-7)57(47-41-27-19-11-3)66-53-61-54-67-58(48-42-28-20-12-4)60(65-52-24-16-8)56(63-50-22-14-6)46-44-40-38-36-34-32-30-26-18-10-2/h57-58H,9-54H2,1-8H3. The van der Waals surface area contributed by atoms with Gasteiger partial charge in [-0.05, 0) is 51.4 Å². The maximum atomic E-state index is 6.73. The summed E-state index contributed by atoms with van der Waals surface area (Å²) in [4.78, 5) is 0. The number of ether oxygens (including phenoxy) is 7. The molecule has 0 heterocycles. The Hall–Kier alpha value is -1.44. The highest BCUT2D eigenvalue weighted by Crippen LogP contribution is 2.28. The summed E-state index contributed by atoms with van der Waals surface area (Å²) in [6.07, 6.45) is 47.3. The molecule has 0 aliphatic heterocycles. The minimum atomic E-state index is -0.217. The van der Waals surface area contributed by atoms with Gasteiger partial charge in [0.05, 0.1) is 26.4 Å². The van der Waals surface area contributed by atoms with E-state index in [0.29, 0.717) is 13.2 Å². The summed E-state index contributed by atoms with van der Waals surface area (Å²) in [5.74, 6) is 3.83. The van der Waals surface area contributed by atoms with Crippen LogP contribution in [0, 0.1) is 0 Å². The van der Waals surface area contributed by atoms with E-state index in [0.717, 1.165) is 139 Å². The lowest BCUT2D eigenvalue weighted by molar-refractivity contribution is -0.167. The minimum absolute atomic E-state index is 0.135. The van der Waals surface area contributed by atoms with Gasteiger partial charge < -0.3 is 33.2 Å². The van der Waals surface area contributed by atoms with Crippen molar-refractivity contribution in [1.29, 1.82) is 0 Å². The van der Waals surface area contributed by atoms with Gasteiger partial charge in [-0.1, -0.05) is 248 Å². The van der Waals surface area contributed by atoms with Crippen molar-refractivity contribution in [2.45, 2.75) is 324 Å². The molecule has 2 atom stereocenters. The lowest BCUT2D eigenvalue weighted by Gasteiger charge is -2.26. The molecule has 0 bridgehead atoms. The summed E-state index contributed by atoms with van der Waals surface area (Å²) in [6, 6.07) is 0. The molecule has 2 unspecified atom stereocenters. The third kappa shape index (κ3) is 40.9. The van der Waals surface area contributed by atoms with E-state index >= 15 is 0 Å². The molecule has 0 amide bonds. The fraction of sp³-hybridized carbons (Fsp3) is 0.933. The van der Waals surface area contributed by atoms with E-state index in [4.69, 9.17) is 33.2 Å². The van der Waals surface area contributed by atoms with Gasteiger partial charge in [-0.25, -0.2) is 0 Å². The van der Waals surface area contributed by atoms with Crippen LogP contribution in [0.2, 0.25) is 0 Å². The number of allylic oxidation sites excluding steroid dienone is 2. The van der Waals surface area contributed by atoms with Gasteiger partial charge in [0, 0.05) is 12.8 Å². The quantitative estimate of drug-likeness (QED) is 0.0342. The Kier molecular flexibility index (Phi) is 52.7. The van der Waals surface area contributed by atoms with Gasteiger partial charge in [0.2, 0.25) is 0 Å². The lowest BCUT2D eigenvalue weighted by Crippen LogP contribution is -2.25. The summed E-state index contributed by atoms with van der Waals surface area (Å²) in [6.45, 7) is 21.1. The molecular weight excluding hydrogens is 833 g/mol. The van der Waals surface area contributed by atoms with Gasteiger partial charge in [-0.3, -0.25) is 0 Å². The maximum absolute atomic E-state index is 6.73. The predicted molar refractivity (Wildman–Crippen MR) is 288 cm³/mol. The van der Waals surface area contributed by atoms with E-state index < -0.39 is 0 Å². The van der Waals surface area contributed by atoms with Crippen LogP contribution in [0.4, 0.5) is 0 Å². The molecular formula is C60H118O7. The number of unbranched alkanes of at least 4 members (excludes halogenated alkanes) is 28. The first-order valence-corrected chi connectivity index (χ1v) is 29.9. The lowest BCUT2D eigenvalue weighted by atomic mass is 10.0. The molecule has 400 valence electrons. The molecule has 0 aromatic rings. The van der Waals surface area contributed by atoms with E-state index in [9.17, 15) is 0 Å². The number of hydrogen-bond acceptors (Lipinski definition) is 7. The molecule has 0 saturated carbocycles. The summed E-state index contributed by atoms with van der Waals surface area (Å²) >= 11 is 0. The molecule has 0 radical (unpaired) electrons. The molecule has 0 N–H and O–H groups in total. The molecule has 0 spiro atoms. The molecule has 0 aliphatic rings. The minimum Gasteiger partial charge on any atom is -0.494 e. The van der Waals surface area contributed by atoms with Crippen LogP contribution in [0.15, 0.2) is 23.0 Å². The van der Waals surface area contributed by atoms with E-state index in [-0.39, 0.29) is 25.8 Å². The number of rotatable bonds is 56. The third-order valence-electron chi connectivity index (χ3n) is 13.1. The van der Waals surface area contributed by atoms with Crippen LogP contribution < -0.4 is 0 Å². The van der Waals surface area contributed by atoms with Crippen molar-refractivity contribution >= 4 is 0 Å². The average Bonchev–Trinajstić information content (AvgIpc) is 3.33. The second kappa shape index (κ2) is 53.9. The molecule has 0 fully saturated rings. The van der Waals surface area contributed by atoms with Crippen LogP contribution >= 0.6 is 0 Å². The van der Waals surface area contributed by atoms with Crippen molar-refractivity contribution in [3.05, 3.63) is 23.0 Å². The van der Waals surface area contributed by atoms with Crippen molar-refractivity contribution in [2.75, 3.05) is 40.0 Å². The smallest absolute Gasteiger partial charge is 0.162 e. The molecule has 7 nitrogen and oxygen atoms in total. The maximum Gasteiger partial charge on any atom is 0.162 e. The van der Waals surface area contributed by atoms with Crippen molar-refractivity contribution < 1.29 is 33.2 Å².